The van der Waals surface area contributed by atoms with Crippen LogP contribution >= 0.6 is 0 Å². The Morgan fingerprint density at radius 1 is 0.210 bits per heavy atom. The summed E-state index contributed by atoms with van der Waals surface area (Å²) < 4.78 is 5.09. The van der Waals surface area contributed by atoms with Crippen LogP contribution in [0.1, 0.15) is 237 Å². The van der Waals surface area contributed by atoms with Crippen molar-refractivity contribution in [2.24, 2.45) is 0 Å². The molecule has 4 nitrogen and oxygen atoms in total. The van der Waals surface area contributed by atoms with Crippen molar-refractivity contribution in [3.05, 3.63) is 305 Å². The van der Waals surface area contributed by atoms with Gasteiger partial charge in [-0.05, 0) is 221 Å². The summed E-state index contributed by atoms with van der Waals surface area (Å²) in [5, 5.41) is 4.94. The highest BCUT2D eigenvalue weighted by atomic mass is 15.2. The predicted molar refractivity (Wildman–Crippen MR) is 519 cm³/mol. The second-order valence-electron chi connectivity index (χ2n) is 43.9. The van der Waals surface area contributed by atoms with Crippen LogP contribution in [0.3, 0.4) is 0 Å². The molecule has 0 bridgehead atoms. The lowest BCUT2D eigenvalue weighted by atomic mass is 9.33. The van der Waals surface area contributed by atoms with E-state index < -0.39 is 0 Å². The molecule has 0 spiro atoms. The molecule has 2 aliphatic heterocycles. The third kappa shape index (κ3) is 13.6. The molecule has 2 aromatic heterocycles. The van der Waals surface area contributed by atoms with Crippen molar-refractivity contribution >= 4 is 101 Å². The van der Waals surface area contributed by atoms with Crippen LogP contribution in [-0.4, -0.2) is 15.8 Å². The minimum atomic E-state index is -0.374. The molecule has 17 rings (SSSR count). The number of benzene rings is 13. The number of fused-ring (bicyclic) bond motifs is 10. The largest absolute Gasteiger partial charge is 0.311 e. The van der Waals surface area contributed by atoms with Crippen LogP contribution in [0.15, 0.2) is 255 Å². The molecule has 0 radical (unpaired) electrons. The third-order valence-electron chi connectivity index (χ3n) is 25.9. The van der Waals surface area contributed by atoms with Gasteiger partial charge in [-0.3, -0.25) is 0 Å². The van der Waals surface area contributed by atoms with Crippen LogP contribution in [0.5, 0.6) is 0 Å². The predicted octanol–water partition coefficient (Wildman–Crippen LogP) is 30.3. The number of aromatic nitrogens is 2. The number of para-hydroxylation sites is 4. The molecule has 0 saturated carbocycles. The molecule has 602 valence electrons. The first-order chi connectivity index (χ1) is 55.8. The molecule has 4 heterocycles. The average molecular weight is 1560 g/mol. The van der Waals surface area contributed by atoms with E-state index in [1.165, 1.54) is 166 Å². The Balaban J connectivity index is 1.11. The maximum Gasteiger partial charge on any atom is 0.252 e. The van der Waals surface area contributed by atoms with Crippen molar-refractivity contribution in [2.45, 2.75) is 236 Å². The van der Waals surface area contributed by atoms with E-state index in [0.29, 0.717) is 0 Å². The summed E-state index contributed by atoms with van der Waals surface area (Å²) in [6, 6.07) is 101. The molecule has 0 atom stereocenters. The Kier molecular flexibility index (Phi) is 18.9. The monoisotopic (exact) mass is 1560 g/mol. The second kappa shape index (κ2) is 27.9. The van der Waals surface area contributed by atoms with Gasteiger partial charge < -0.3 is 18.9 Å². The van der Waals surface area contributed by atoms with Crippen LogP contribution in [0.2, 0.25) is 0 Å². The fourth-order valence-electron chi connectivity index (χ4n) is 20.2. The quantitative estimate of drug-likeness (QED) is 0.141. The Bertz CT molecular complexity index is 5990. The number of rotatable bonds is 8. The lowest BCUT2D eigenvalue weighted by molar-refractivity contribution is 0.571. The zero-order chi connectivity index (χ0) is 84.9. The Labute approximate surface area is 711 Å². The summed E-state index contributed by atoms with van der Waals surface area (Å²) >= 11 is 0. The SMILES string of the molecule is CC(C)(C)c1cc2c3c(c1)N(c1cc(-c4c(C(C)(C)C)cccc4C(C)(C)C)ccc1-c1c(C(C)(C)C)cccc1C(C)(C)C)c1cc(-n4c5ccccc5c5ccccc54)ccc1B3c1ccc(-n3c4ccccc4c4ccccc43)cc1N2c1cc(-c2c(C(C)(C)C)cccc2C(C)(C)C)ccc1-c1c(C(C)(C)C)cccc1C(C)(C)C. The summed E-state index contributed by atoms with van der Waals surface area (Å²) in [6.45, 7) is 64.9. The number of hydrogen-bond acceptors (Lipinski definition) is 2. The van der Waals surface area contributed by atoms with Gasteiger partial charge in [-0.25, -0.2) is 0 Å². The van der Waals surface area contributed by atoms with Crippen LogP contribution < -0.4 is 26.2 Å². The van der Waals surface area contributed by atoms with Gasteiger partial charge in [-0.1, -0.05) is 369 Å². The Morgan fingerprint density at radius 3 is 0.731 bits per heavy atom. The molecule has 2 aliphatic rings. The summed E-state index contributed by atoms with van der Waals surface area (Å²) in [4.78, 5) is 5.63. The number of nitrogens with zero attached hydrogens (tertiary/aromatic N) is 4. The summed E-state index contributed by atoms with van der Waals surface area (Å²) in [5.74, 6) is 0. The highest BCUT2D eigenvalue weighted by Crippen LogP contribution is 2.57. The van der Waals surface area contributed by atoms with Crippen LogP contribution in [0.4, 0.5) is 34.1 Å². The molecule has 0 unspecified atom stereocenters. The molecule has 0 amide bonds. The van der Waals surface area contributed by atoms with Crippen molar-refractivity contribution in [3.8, 4) is 55.9 Å². The van der Waals surface area contributed by atoms with Crippen molar-refractivity contribution < 1.29 is 0 Å². The van der Waals surface area contributed by atoms with Gasteiger partial charge >= 0.3 is 0 Å². The molecule has 0 N–H and O–H groups in total. The molecular formula is C114H123BN4. The zero-order valence-corrected chi connectivity index (χ0v) is 76.1. The van der Waals surface area contributed by atoms with Crippen LogP contribution in [0.25, 0.3) is 99.5 Å². The molecule has 0 aliphatic carbocycles. The van der Waals surface area contributed by atoms with Gasteiger partial charge in [0, 0.05) is 66.8 Å². The third-order valence-corrected chi connectivity index (χ3v) is 25.9. The van der Waals surface area contributed by atoms with E-state index in [1.807, 2.05) is 0 Å². The summed E-state index contributed by atoms with van der Waals surface area (Å²) in [5.41, 5.74) is 37.3. The van der Waals surface area contributed by atoms with E-state index in [1.54, 1.807) is 0 Å². The van der Waals surface area contributed by atoms with E-state index in [0.717, 1.165) is 34.1 Å². The smallest absolute Gasteiger partial charge is 0.252 e. The average Bonchev–Trinajstić information content (AvgIpc) is 0.999. The maximum absolute atomic E-state index is 2.81. The highest BCUT2D eigenvalue weighted by molar-refractivity contribution is 7.00. The van der Waals surface area contributed by atoms with E-state index >= 15 is 0 Å². The van der Waals surface area contributed by atoms with Crippen LogP contribution in [-0.2, 0) is 48.7 Å². The lowest BCUT2D eigenvalue weighted by Crippen LogP contribution is -2.61. The number of anilines is 6. The topological polar surface area (TPSA) is 16.3 Å². The maximum atomic E-state index is 2.81. The van der Waals surface area contributed by atoms with Gasteiger partial charge in [0.1, 0.15) is 0 Å². The molecule has 0 saturated heterocycles. The zero-order valence-electron chi connectivity index (χ0n) is 76.1. The highest BCUT2D eigenvalue weighted by Gasteiger charge is 2.47. The fourth-order valence-corrected chi connectivity index (χ4v) is 20.2. The lowest BCUT2D eigenvalue weighted by Gasteiger charge is -2.46. The van der Waals surface area contributed by atoms with E-state index in [-0.39, 0.29) is 55.4 Å². The summed E-state index contributed by atoms with van der Waals surface area (Å²) in [7, 11) is 0. The van der Waals surface area contributed by atoms with Crippen LogP contribution in [0, 0.1) is 0 Å². The fraction of sp³-hybridized carbons (Fsp3) is 0.316. The molecule has 15 aromatic rings. The van der Waals surface area contributed by atoms with Crippen molar-refractivity contribution in [1.29, 1.82) is 0 Å². The van der Waals surface area contributed by atoms with E-state index in [9.17, 15) is 0 Å². The molecule has 13 aromatic carbocycles. The second-order valence-corrected chi connectivity index (χ2v) is 43.9. The molecular weight excluding hydrogens is 1440 g/mol. The molecule has 119 heavy (non-hydrogen) atoms. The van der Waals surface area contributed by atoms with Crippen molar-refractivity contribution in [3.63, 3.8) is 0 Å². The normalized spacial score (nSPS) is 13.8. The van der Waals surface area contributed by atoms with Crippen molar-refractivity contribution in [2.75, 3.05) is 9.80 Å². The minimum Gasteiger partial charge on any atom is -0.311 e. The standard InChI is InChI=1S/C114H123BN4/c1-106(2,3)72-66-99-105-100(67-72)119(96-65-71(102-83(109(10,11)12)46-37-47-84(102)110(13,14)15)57-61-80(96)104-87(113(22,23)24)50-39-51-88(104)114(25,26)27)98-69-74(117-93-54-34-30-42-77(93)78-43-31-35-55-94(78)117)59-63-90(98)115(105)89-62-58-73(116-91-52-32-28-40-75(91)76-41-29-33-53-92(76)116)68-97(89)118(99)95-64-70(101-81(107(4,5)6)44-36-45-82(101)108(7,8)9)56-60-79(95)103-85(111(16,17)18)48-38-49-86(103)112(19,20)21/h28-69H,1-27H3. The van der Waals surface area contributed by atoms with E-state index in [4.69, 9.17) is 0 Å². The number of hydrogen-bond donors (Lipinski definition) is 0. The first-order valence-corrected chi connectivity index (χ1v) is 43.7. The van der Waals surface area contributed by atoms with Gasteiger partial charge in [0.2, 0.25) is 0 Å². The molecule has 5 heteroatoms. The van der Waals surface area contributed by atoms with Crippen molar-refractivity contribution in [1.82, 2.24) is 9.13 Å². The van der Waals surface area contributed by atoms with Gasteiger partial charge in [-0.15, -0.1) is 0 Å². The van der Waals surface area contributed by atoms with Gasteiger partial charge in [-0.2, -0.15) is 0 Å². The Hall–Kier alpha value is -10.9. The molecule has 0 fully saturated rings. The van der Waals surface area contributed by atoms with Gasteiger partial charge in [0.15, 0.2) is 0 Å². The first-order valence-electron chi connectivity index (χ1n) is 43.7. The van der Waals surface area contributed by atoms with Gasteiger partial charge in [0.25, 0.3) is 6.71 Å². The Morgan fingerprint density at radius 2 is 0.471 bits per heavy atom. The van der Waals surface area contributed by atoms with E-state index in [2.05, 4.69) is 461 Å². The minimum absolute atomic E-state index is 0.200. The first kappa shape index (κ1) is 80.5. The van der Waals surface area contributed by atoms with Gasteiger partial charge in [0.05, 0.1) is 33.4 Å². The summed E-state index contributed by atoms with van der Waals surface area (Å²) in [6.07, 6.45) is 0.